The SMILES string of the molecule is C=CCc1cc(/C=c2\sc3n(c2=O)[C@@H](c2ccc(SC)cc2)C(C(=O)OC(C)C)=C(C)N=3)cc(OCC)c1OCc1ccccc1Cl. The lowest BCUT2D eigenvalue weighted by atomic mass is 9.96. The number of halogens is 1. The molecule has 0 saturated heterocycles. The third-order valence-corrected chi connectivity index (χ3v) is 9.56. The predicted molar refractivity (Wildman–Crippen MR) is 191 cm³/mol. The highest BCUT2D eigenvalue weighted by Gasteiger charge is 2.33. The van der Waals surface area contributed by atoms with Gasteiger partial charge in [0, 0.05) is 21.0 Å². The molecule has 1 aromatic heterocycles. The number of hydrogen-bond donors (Lipinski definition) is 0. The molecular formula is C37H37ClN2O5S2. The summed E-state index contributed by atoms with van der Waals surface area (Å²) in [7, 11) is 0. The Labute approximate surface area is 287 Å². The van der Waals surface area contributed by atoms with Crippen LogP contribution < -0.4 is 24.4 Å². The number of thiazole rings is 1. The Morgan fingerprint density at radius 2 is 1.87 bits per heavy atom. The molecule has 244 valence electrons. The van der Waals surface area contributed by atoms with Gasteiger partial charge in [0.15, 0.2) is 16.3 Å². The number of esters is 1. The highest BCUT2D eigenvalue weighted by Crippen LogP contribution is 2.36. The van der Waals surface area contributed by atoms with Crippen LogP contribution in [0.4, 0.5) is 0 Å². The van der Waals surface area contributed by atoms with E-state index in [1.807, 2.05) is 79.9 Å². The Balaban J connectivity index is 1.63. The monoisotopic (exact) mass is 688 g/mol. The molecule has 10 heteroatoms. The molecule has 1 aliphatic rings. The number of carbonyl (C=O) groups excluding carboxylic acids is 1. The van der Waals surface area contributed by atoms with E-state index in [9.17, 15) is 9.59 Å². The van der Waals surface area contributed by atoms with E-state index in [-0.39, 0.29) is 18.3 Å². The predicted octanol–water partition coefficient (Wildman–Crippen LogP) is 7.27. The van der Waals surface area contributed by atoms with E-state index in [1.165, 1.54) is 11.3 Å². The van der Waals surface area contributed by atoms with Crippen molar-refractivity contribution < 1.29 is 19.0 Å². The number of rotatable bonds is 12. The fraction of sp³-hybridized carbons (Fsp3) is 0.270. The van der Waals surface area contributed by atoms with Gasteiger partial charge in [0.25, 0.3) is 5.56 Å². The second-order valence-corrected chi connectivity index (χ2v) is 13.4. The van der Waals surface area contributed by atoms with E-state index in [0.29, 0.717) is 50.2 Å². The minimum absolute atomic E-state index is 0.252. The van der Waals surface area contributed by atoms with Gasteiger partial charge in [-0.25, -0.2) is 9.79 Å². The van der Waals surface area contributed by atoms with Crippen LogP contribution >= 0.6 is 34.7 Å². The third kappa shape index (κ3) is 7.59. The largest absolute Gasteiger partial charge is 0.490 e. The maximum Gasteiger partial charge on any atom is 0.338 e. The van der Waals surface area contributed by atoms with E-state index >= 15 is 0 Å². The van der Waals surface area contributed by atoms with Crippen LogP contribution in [0.15, 0.2) is 99.3 Å². The molecule has 0 saturated carbocycles. The van der Waals surface area contributed by atoms with Crippen molar-refractivity contribution in [1.29, 1.82) is 0 Å². The Kier molecular flexibility index (Phi) is 11.1. The van der Waals surface area contributed by atoms with Crippen molar-refractivity contribution in [2.24, 2.45) is 4.99 Å². The quantitative estimate of drug-likeness (QED) is 0.0886. The van der Waals surface area contributed by atoms with Crippen LogP contribution in [-0.2, 0) is 22.6 Å². The smallest absolute Gasteiger partial charge is 0.338 e. The lowest BCUT2D eigenvalue weighted by Crippen LogP contribution is -2.40. The van der Waals surface area contributed by atoms with E-state index in [2.05, 4.69) is 6.58 Å². The molecule has 1 atom stereocenters. The van der Waals surface area contributed by atoms with Gasteiger partial charge in [0.1, 0.15) is 6.61 Å². The molecule has 0 spiro atoms. The Bertz CT molecular complexity index is 2010. The molecule has 0 radical (unpaired) electrons. The fourth-order valence-corrected chi connectivity index (χ4v) is 7.02. The summed E-state index contributed by atoms with van der Waals surface area (Å²) in [5.41, 5.74) is 3.89. The zero-order chi connectivity index (χ0) is 33.7. The summed E-state index contributed by atoms with van der Waals surface area (Å²) in [6.07, 6.45) is 5.83. The summed E-state index contributed by atoms with van der Waals surface area (Å²) in [4.78, 5) is 34.0. The van der Waals surface area contributed by atoms with Crippen LogP contribution in [0.5, 0.6) is 11.5 Å². The number of carbonyl (C=O) groups is 1. The van der Waals surface area contributed by atoms with Gasteiger partial charge in [0.05, 0.1) is 34.6 Å². The summed E-state index contributed by atoms with van der Waals surface area (Å²) >= 11 is 9.28. The molecule has 1 aliphatic heterocycles. The molecule has 7 nitrogen and oxygen atoms in total. The number of fused-ring (bicyclic) bond motifs is 1. The van der Waals surface area contributed by atoms with Crippen molar-refractivity contribution in [3.8, 4) is 11.5 Å². The number of thioether (sulfide) groups is 1. The summed E-state index contributed by atoms with van der Waals surface area (Å²) in [6, 6.07) is 18.6. The van der Waals surface area contributed by atoms with Crippen LogP contribution in [0.3, 0.4) is 0 Å². The first-order chi connectivity index (χ1) is 22.6. The highest BCUT2D eigenvalue weighted by molar-refractivity contribution is 7.98. The van der Waals surface area contributed by atoms with Crippen LogP contribution in [0.25, 0.3) is 6.08 Å². The molecular weight excluding hydrogens is 652 g/mol. The van der Waals surface area contributed by atoms with Crippen LogP contribution in [0, 0.1) is 0 Å². The topological polar surface area (TPSA) is 79.1 Å². The number of aromatic nitrogens is 1. The van der Waals surface area contributed by atoms with Crippen LogP contribution in [0.1, 0.15) is 56.0 Å². The van der Waals surface area contributed by atoms with Gasteiger partial charge in [-0.2, -0.15) is 0 Å². The molecule has 0 N–H and O–H groups in total. The van der Waals surface area contributed by atoms with E-state index < -0.39 is 12.0 Å². The molecule has 0 unspecified atom stereocenters. The van der Waals surface area contributed by atoms with Crippen LogP contribution in [-0.4, -0.2) is 29.5 Å². The van der Waals surface area contributed by atoms with Crippen molar-refractivity contribution in [2.45, 2.75) is 57.8 Å². The summed E-state index contributed by atoms with van der Waals surface area (Å²) in [5, 5.41) is 0.622. The minimum atomic E-state index is -0.688. The summed E-state index contributed by atoms with van der Waals surface area (Å²) < 4.78 is 20.0. The Morgan fingerprint density at radius 3 is 2.53 bits per heavy atom. The van der Waals surface area contributed by atoms with Crippen LogP contribution in [0.2, 0.25) is 5.02 Å². The molecule has 0 fully saturated rings. The van der Waals surface area contributed by atoms with Gasteiger partial charge in [-0.15, -0.1) is 18.3 Å². The zero-order valence-electron chi connectivity index (χ0n) is 27.0. The number of hydrogen-bond acceptors (Lipinski definition) is 8. The van der Waals surface area contributed by atoms with Gasteiger partial charge >= 0.3 is 5.97 Å². The van der Waals surface area contributed by atoms with Gasteiger partial charge < -0.3 is 14.2 Å². The maximum absolute atomic E-state index is 14.2. The number of allylic oxidation sites excluding steroid dienone is 2. The standard InChI is InChI=1S/C37H37ClN2O5S2/c1-7-11-26-18-24(19-30(43-8-2)34(26)44-21-27-12-9-10-13-29(27)38)20-31-35(41)40-33(25-14-16-28(46-6)17-15-25)32(36(42)45-22(3)4)23(5)39-37(40)47-31/h7,9-10,12-20,22,33H,1,8,11,21H2,2-6H3/b31-20-/t33-/m0/s1. The molecule has 4 aromatic rings. The van der Waals surface area contributed by atoms with Crippen molar-refractivity contribution in [1.82, 2.24) is 4.57 Å². The minimum Gasteiger partial charge on any atom is -0.490 e. The average molecular weight is 689 g/mol. The second-order valence-electron chi connectivity index (χ2n) is 11.1. The van der Waals surface area contributed by atoms with E-state index in [0.717, 1.165) is 27.1 Å². The van der Waals surface area contributed by atoms with Gasteiger partial charge in [0.2, 0.25) is 0 Å². The average Bonchev–Trinajstić information content (AvgIpc) is 3.34. The first-order valence-corrected chi connectivity index (χ1v) is 17.7. The first-order valence-electron chi connectivity index (χ1n) is 15.3. The zero-order valence-corrected chi connectivity index (χ0v) is 29.4. The van der Waals surface area contributed by atoms with Crippen molar-refractivity contribution in [2.75, 3.05) is 12.9 Å². The normalized spacial score (nSPS) is 14.5. The summed E-state index contributed by atoms with van der Waals surface area (Å²) in [6.45, 7) is 11.9. The van der Waals surface area contributed by atoms with Gasteiger partial charge in [-0.05, 0) is 87.9 Å². The van der Waals surface area contributed by atoms with Crippen molar-refractivity contribution in [3.05, 3.63) is 132 Å². The molecule has 5 rings (SSSR count). The lowest BCUT2D eigenvalue weighted by Gasteiger charge is -2.25. The Hall–Kier alpha value is -4.05. The highest BCUT2D eigenvalue weighted by atomic mass is 35.5. The molecule has 0 aliphatic carbocycles. The summed E-state index contributed by atoms with van der Waals surface area (Å²) in [5.74, 6) is 0.666. The first kappa shape index (κ1) is 34.3. The molecule has 3 aromatic carbocycles. The number of benzene rings is 3. The Morgan fingerprint density at radius 1 is 1.13 bits per heavy atom. The molecule has 0 amide bonds. The fourth-order valence-electron chi connectivity index (χ4n) is 5.38. The lowest BCUT2D eigenvalue weighted by molar-refractivity contribution is -0.143. The number of ether oxygens (including phenoxy) is 3. The molecule has 2 heterocycles. The molecule has 0 bridgehead atoms. The number of nitrogens with zero attached hydrogens (tertiary/aromatic N) is 2. The second kappa shape index (κ2) is 15.2. The van der Waals surface area contributed by atoms with Gasteiger partial charge in [-0.1, -0.05) is 59.3 Å². The van der Waals surface area contributed by atoms with Gasteiger partial charge in [-0.3, -0.25) is 9.36 Å². The third-order valence-electron chi connectivity index (χ3n) is 7.46. The van der Waals surface area contributed by atoms with E-state index in [4.69, 9.17) is 30.8 Å². The maximum atomic E-state index is 14.2. The molecule has 47 heavy (non-hydrogen) atoms. The van der Waals surface area contributed by atoms with E-state index in [1.54, 1.807) is 43.2 Å². The van der Waals surface area contributed by atoms with Crippen molar-refractivity contribution >= 4 is 46.7 Å². The van der Waals surface area contributed by atoms with Crippen molar-refractivity contribution in [3.63, 3.8) is 0 Å².